The second-order valence-corrected chi connectivity index (χ2v) is 3.51. The lowest BCUT2D eigenvalue weighted by Crippen LogP contribution is -2.58. The lowest BCUT2D eigenvalue weighted by atomic mass is 9.78. The van der Waals surface area contributed by atoms with Crippen molar-refractivity contribution < 1.29 is 0 Å². The summed E-state index contributed by atoms with van der Waals surface area (Å²) >= 11 is 0. The van der Waals surface area contributed by atoms with Crippen molar-refractivity contribution in [3.8, 4) is 6.19 Å². The van der Waals surface area contributed by atoms with Crippen molar-refractivity contribution in [1.82, 2.24) is 4.90 Å². The van der Waals surface area contributed by atoms with Crippen molar-refractivity contribution in [2.75, 3.05) is 6.54 Å². The largest absolute Gasteiger partial charge is 0.304 e. The molecule has 0 aromatic carbocycles. The summed E-state index contributed by atoms with van der Waals surface area (Å²) in [6.07, 6.45) is 3.37. The molecule has 0 aromatic rings. The predicted molar refractivity (Wildman–Crippen MR) is 40.2 cm³/mol. The predicted octanol–water partition coefficient (Wildman–Crippen LogP) is 1.59. The highest BCUT2D eigenvalue weighted by atomic mass is 15.2. The maximum absolute atomic E-state index is 8.65. The second kappa shape index (κ2) is 2.16. The average molecular weight is 138 g/mol. The van der Waals surface area contributed by atoms with Crippen LogP contribution >= 0.6 is 0 Å². The molecule has 0 amide bonds. The van der Waals surface area contributed by atoms with Gasteiger partial charge in [0.2, 0.25) is 0 Å². The SMILES string of the molecule is CC(C)C1(C)CCN1C#N. The first-order valence-corrected chi connectivity index (χ1v) is 3.78. The van der Waals surface area contributed by atoms with Gasteiger partial charge >= 0.3 is 0 Å². The summed E-state index contributed by atoms with van der Waals surface area (Å²) < 4.78 is 0. The van der Waals surface area contributed by atoms with Crippen LogP contribution in [0.15, 0.2) is 0 Å². The topological polar surface area (TPSA) is 27.0 Å². The first-order valence-electron chi connectivity index (χ1n) is 3.78. The smallest absolute Gasteiger partial charge is 0.179 e. The molecule has 2 heteroatoms. The lowest BCUT2D eigenvalue weighted by molar-refractivity contribution is 0.0168. The van der Waals surface area contributed by atoms with E-state index < -0.39 is 0 Å². The van der Waals surface area contributed by atoms with E-state index in [0.717, 1.165) is 13.0 Å². The monoisotopic (exact) mass is 138 g/mol. The van der Waals surface area contributed by atoms with Crippen LogP contribution in [-0.2, 0) is 0 Å². The highest BCUT2D eigenvalue weighted by Gasteiger charge is 2.42. The van der Waals surface area contributed by atoms with Gasteiger partial charge in [-0.25, -0.2) is 0 Å². The molecule has 0 radical (unpaired) electrons. The van der Waals surface area contributed by atoms with Gasteiger partial charge < -0.3 is 4.90 Å². The standard InChI is InChI=1S/C8H14N2/c1-7(2)8(3)4-5-10(8)6-9/h7H,4-5H2,1-3H3. The average Bonchev–Trinajstić information content (AvgIpc) is 1.85. The van der Waals surface area contributed by atoms with E-state index in [1.54, 1.807) is 0 Å². The van der Waals surface area contributed by atoms with E-state index in [1.165, 1.54) is 0 Å². The van der Waals surface area contributed by atoms with Crippen LogP contribution in [-0.4, -0.2) is 17.0 Å². The van der Waals surface area contributed by atoms with Gasteiger partial charge in [0.1, 0.15) is 0 Å². The summed E-state index contributed by atoms with van der Waals surface area (Å²) in [5, 5.41) is 8.65. The lowest BCUT2D eigenvalue weighted by Gasteiger charge is -2.50. The van der Waals surface area contributed by atoms with E-state index in [9.17, 15) is 0 Å². The fraction of sp³-hybridized carbons (Fsp3) is 0.875. The van der Waals surface area contributed by atoms with Gasteiger partial charge in [0, 0.05) is 6.54 Å². The zero-order valence-corrected chi connectivity index (χ0v) is 6.89. The third-order valence-electron chi connectivity index (χ3n) is 2.82. The van der Waals surface area contributed by atoms with Crippen molar-refractivity contribution in [3.05, 3.63) is 0 Å². The van der Waals surface area contributed by atoms with Gasteiger partial charge in [-0.05, 0) is 19.3 Å². The molecule has 1 aliphatic heterocycles. The number of nitrogens with zero attached hydrogens (tertiary/aromatic N) is 2. The maximum Gasteiger partial charge on any atom is 0.179 e. The van der Waals surface area contributed by atoms with Crippen molar-refractivity contribution in [2.45, 2.75) is 32.7 Å². The summed E-state index contributed by atoms with van der Waals surface area (Å²) in [5.74, 6) is 0.584. The van der Waals surface area contributed by atoms with Crippen LogP contribution in [0.2, 0.25) is 0 Å². The van der Waals surface area contributed by atoms with Gasteiger partial charge in [-0.15, -0.1) is 0 Å². The molecular weight excluding hydrogens is 124 g/mol. The molecule has 1 aliphatic rings. The number of hydrogen-bond acceptors (Lipinski definition) is 2. The Bertz CT molecular complexity index is 169. The van der Waals surface area contributed by atoms with E-state index in [0.29, 0.717) is 5.92 Å². The molecule has 0 spiro atoms. The number of rotatable bonds is 1. The molecule has 0 saturated carbocycles. The van der Waals surface area contributed by atoms with Gasteiger partial charge in [-0.1, -0.05) is 13.8 Å². The Morgan fingerprint density at radius 1 is 1.60 bits per heavy atom. The summed E-state index contributed by atoms with van der Waals surface area (Å²) in [5.41, 5.74) is 0.161. The molecule has 10 heavy (non-hydrogen) atoms. The Morgan fingerprint density at radius 3 is 2.30 bits per heavy atom. The molecule has 1 fully saturated rings. The molecule has 1 heterocycles. The third-order valence-corrected chi connectivity index (χ3v) is 2.82. The minimum atomic E-state index is 0.161. The molecule has 0 aromatic heterocycles. The van der Waals surface area contributed by atoms with Gasteiger partial charge in [-0.2, -0.15) is 5.26 Å². The van der Waals surface area contributed by atoms with Crippen molar-refractivity contribution in [3.63, 3.8) is 0 Å². The normalized spacial score (nSPS) is 31.7. The maximum atomic E-state index is 8.65. The first-order chi connectivity index (χ1) is 4.61. The zero-order chi connectivity index (χ0) is 7.78. The van der Waals surface area contributed by atoms with Crippen LogP contribution in [0.1, 0.15) is 27.2 Å². The summed E-state index contributed by atoms with van der Waals surface area (Å²) in [6, 6.07) is 0. The summed E-state index contributed by atoms with van der Waals surface area (Å²) in [4.78, 5) is 1.87. The highest BCUT2D eigenvalue weighted by molar-refractivity contribution is 5.03. The fourth-order valence-corrected chi connectivity index (χ4v) is 1.34. The summed E-state index contributed by atoms with van der Waals surface area (Å²) in [6.45, 7) is 7.45. The fourth-order valence-electron chi connectivity index (χ4n) is 1.34. The van der Waals surface area contributed by atoms with E-state index in [2.05, 4.69) is 27.0 Å². The number of likely N-dealkylation sites (tertiary alicyclic amines) is 1. The Kier molecular flexibility index (Phi) is 1.60. The molecule has 2 nitrogen and oxygen atoms in total. The Balaban J connectivity index is 2.63. The molecular formula is C8H14N2. The van der Waals surface area contributed by atoms with Gasteiger partial charge in [0.25, 0.3) is 0 Å². The molecule has 0 bridgehead atoms. The zero-order valence-electron chi connectivity index (χ0n) is 6.89. The molecule has 1 unspecified atom stereocenters. The molecule has 1 saturated heterocycles. The van der Waals surface area contributed by atoms with Gasteiger partial charge in [-0.3, -0.25) is 0 Å². The quantitative estimate of drug-likeness (QED) is 0.514. The van der Waals surface area contributed by atoms with Crippen molar-refractivity contribution in [1.29, 1.82) is 5.26 Å². The van der Waals surface area contributed by atoms with E-state index in [4.69, 9.17) is 5.26 Å². The van der Waals surface area contributed by atoms with Crippen LogP contribution in [0.25, 0.3) is 0 Å². The van der Waals surface area contributed by atoms with Crippen molar-refractivity contribution >= 4 is 0 Å². The van der Waals surface area contributed by atoms with Crippen LogP contribution in [0.5, 0.6) is 0 Å². The molecule has 1 rings (SSSR count). The number of nitriles is 1. The minimum Gasteiger partial charge on any atom is -0.304 e. The van der Waals surface area contributed by atoms with E-state index in [-0.39, 0.29) is 5.54 Å². The van der Waals surface area contributed by atoms with Crippen LogP contribution in [0, 0.1) is 17.4 Å². The molecule has 56 valence electrons. The van der Waals surface area contributed by atoms with E-state index in [1.807, 2.05) is 4.90 Å². The van der Waals surface area contributed by atoms with Crippen LogP contribution < -0.4 is 0 Å². The van der Waals surface area contributed by atoms with E-state index >= 15 is 0 Å². The van der Waals surface area contributed by atoms with Crippen LogP contribution in [0.4, 0.5) is 0 Å². The molecule has 1 atom stereocenters. The Morgan fingerprint density at radius 2 is 2.20 bits per heavy atom. The molecule has 0 N–H and O–H groups in total. The van der Waals surface area contributed by atoms with Gasteiger partial charge in [0.05, 0.1) is 5.54 Å². The Labute approximate surface area is 62.4 Å². The van der Waals surface area contributed by atoms with Gasteiger partial charge in [0.15, 0.2) is 6.19 Å². The second-order valence-electron chi connectivity index (χ2n) is 3.51. The highest BCUT2D eigenvalue weighted by Crippen LogP contribution is 2.35. The van der Waals surface area contributed by atoms with Crippen LogP contribution in [0.3, 0.4) is 0 Å². The molecule has 0 aliphatic carbocycles. The van der Waals surface area contributed by atoms with Crippen molar-refractivity contribution in [2.24, 2.45) is 5.92 Å². The summed E-state index contributed by atoms with van der Waals surface area (Å²) in [7, 11) is 0. The minimum absolute atomic E-state index is 0.161. The number of hydrogen-bond donors (Lipinski definition) is 0. The third kappa shape index (κ3) is 0.775. The Hall–Kier alpha value is -0.710. The first kappa shape index (κ1) is 7.40.